The number of ether oxygens (including phenoxy) is 2. The highest BCUT2D eigenvalue weighted by Crippen LogP contribution is 2.39. The van der Waals surface area contributed by atoms with Crippen LogP contribution in [0.2, 0.25) is 0 Å². The summed E-state index contributed by atoms with van der Waals surface area (Å²) in [5, 5.41) is 10.2. The van der Waals surface area contributed by atoms with Crippen LogP contribution in [0.4, 0.5) is 0 Å². The third-order valence-corrected chi connectivity index (χ3v) is 4.99. The molecule has 0 bridgehead atoms. The lowest BCUT2D eigenvalue weighted by atomic mass is 9.99. The van der Waals surface area contributed by atoms with Gasteiger partial charge in [0.05, 0.1) is 12.8 Å². The molecule has 1 aromatic heterocycles. The minimum atomic E-state index is -0.678. The van der Waals surface area contributed by atoms with E-state index in [1.165, 1.54) is 13.2 Å². The quantitative estimate of drug-likeness (QED) is 0.806. The highest BCUT2D eigenvalue weighted by atomic mass is 16.6. The number of hydrogen-bond acceptors (Lipinski definition) is 5. The minimum absolute atomic E-state index is 0.0336. The summed E-state index contributed by atoms with van der Waals surface area (Å²) in [6, 6.07) is 5.06. The van der Waals surface area contributed by atoms with Crippen LogP contribution in [0.1, 0.15) is 62.5 Å². The highest BCUT2D eigenvalue weighted by Gasteiger charge is 2.26. The molecule has 1 atom stereocenters. The van der Waals surface area contributed by atoms with Gasteiger partial charge in [-0.2, -0.15) is 0 Å². The maximum absolute atomic E-state index is 12.8. The number of aromatic nitrogens is 1. The lowest BCUT2D eigenvalue weighted by molar-refractivity contribution is 0.00670. The van der Waals surface area contributed by atoms with E-state index in [1.54, 1.807) is 39.1 Å². The van der Waals surface area contributed by atoms with Crippen LogP contribution < -0.4 is 10.2 Å². The molecule has 2 heterocycles. The largest absolute Gasteiger partial charge is 0.504 e. The molecule has 2 aromatic rings. The van der Waals surface area contributed by atoms with Gasteiger partial charge in [-0.15, -0.1) is 0 Å². The van der Waals surface area contributed by atoms with Crippen LogP contribution in [0.25, 0.3) is 11.3 Å². The fourth-order valence-electron chi connectivity index (χ4n) is 3.64. The maximum Gasteiger partial charge on any atom is 0.344 e. The third kappa shape index (κ3) is 3.77. The number of phenols is 1. The Morgan fingerprint density at radius 3 is 2.61 bits per heavy atom. The smallest absolute Gasteiger partial charge is 0.344 e. The second kappa shape index (κ2) is 7.34. The molecule has 28 heavy (non-hydrogen) atoms. The topological polar surface area (TPSA) is 77.8 Å². The molecule has 1 aliphatic heterocycles. The average molecular weight is 385 g/mol. The zero-order chi connectivity index (χ0) is 20.6. The van der Waals surface area contributed by atoms with Crippen molar-refractivity contribution in [2.24, 2.45) is 0 Å². The number of phenolic OH excluding ortho intramolecular Hbond substituents is 1. The van der Waals surface area contributed by atoms with Gasteiger partial charge < -0.3 is 19.1 Å². The monoisotopic (exact) mass is 385 g/mol. The molecule has 6 heteroatoms. The Hall–Kier alpha value is -2.76. The first-order valence-corrected chi connectivity index (χ1v) is 9.54. The average Bonchev–Trinajstić information content (AvgIpc) is 2.75. The van der Waals surface area contributed by atoms with Crippen molar-refractivity contribution in [3.05, 3.63) is 45.7 Å². The van der Waals surface area contributed by atoms with Gasteiger partial charge in [0.2, 0.25) is 0 Å². The Morgan fingerprint density at radius 1 is 1.29 bits per heavy atom. The van der Waals surface area contributed by atoms with E-state index in [4.69, 9.17) is 9.47 Å². The molecule has 0 amide bonds. The van der Waals surface area contributed by atoms with Crippen LogP contribution in [-0.4, -0.2) is 28.4 Å². The molecule has 0 fully saturated rings. The predicted molar refractivity (Wildman–Crippen MR) is 107 cm³/mol. The van der Waals surface area contributed by atoms with Gasteiger partial charge in [-0.1, -0.05) is 6.92 Å². The van der Waals surface area contributed by atoms with Gasteiger partial charge in [0, 0.05) is 23.9 Å². The lowest BCUT2D eigenvalue weighted by Crippen LogP contribution is -2.28. The summed E-state index contributed by atoms with van der Waals surface area (Å²) in [6.45, 7) is 7.40. The number of nitrogens with zero attached hydrogens (tertiary/aromatic N) is 1. The molecule has 0 radical (unpaired) electrons. The van der Waals surface area contributed by atoms with Crippen LogP contribution in [0.3, 0.4) is 0 Å². The van der Waals surface area contributed by atoms with Crippen molar-refractivity contribution < 1.29 is 19.4 Å². The second-order valence-electron chi connectivity index (χ2n) is 8.13. The van der Waals surface area contributed by atoms with E-state index in [0.717, 1.165) is 36.1 Å². The van der Waals surface area contributed by atoms with Crippen molar-refractivity contribution in [3.8, 4) is 22.8 Å². The minimum Gasteiger partial charge on any atom is -0.504 e. The number of carbonyl (C=O) groups excluding carboxylic acids is 1. The van der Waals surface area contributed by atoms with Crippen LogP contribution in [0.5, 0.6) is 11.5 Å². The summed E-state index contributed by atoms with van der Waals surface area (Å²) in [5.41, 5.74) is 1.48. The molecule has 0 spiro atoms. The Balaban J connectivity index is 2.21. The predicted octanol–water partition coefficient (Wildman–Crippen LogP) is 4.08. The van der Waals surface area contributed by atoms with Crippen molar-refractivity contribution in [2.75, 3.05) is 7.11 Å². The first-order chi connectivity index (χ1) is 13.1. The van der Waals surface area contributed by atoms with Crippen molar-refractivity contribution in [3.63, 3.8) is 0 Å². The van der Waals surface area contributed by atoms with Crippen molar-refractivity contribution in [2.45, 2.75) is 58.6 Å². The number of methoxy groups -OCH3 is 1. The van der Waals surface area contributed by atoms with Crippen LogP contribution in [0.15, 0.2) is 29.2 Å². The Kier molecular flexibility index (Phi) is 5.24. The molecule has 1 aliphatic rings. The number of pyridine rings is 1. The fraction of sp³-hybridized carbons (Fsp3) is 0.455. The molecule has 0 aliphatic carbocycles. The van der Waals surface area contributed by atoms with E-state index in [-0.39, 0.29) is 22.8 Å². The summed E-state index contributed by atoms with van der Waals surface area (Å²) >= 11 is 0. The van der Waals surface area contributed by atoms with Crippen LogP contribution in [0, 0.1) is 0 Å². The highest BCUT2D eigenvalue weighted by molar-refractivity contribution is 5.89. The summed E-state index contributed by atoms with van der Waals surface area (Å²) < 4.78 is 12.7. The van der Waals surface area contributed by atoms with Gasteiger partial charge in [0.15, 0.2) is 16.9 Å². The number of benzene rings is 1. The second-order valence-corrected chi connectivity index (χ2v) is 8.13. The number of hydrogen-bond donors (Lipinski definition) is 1. The summed E-state index contributed by atoms with van der Waals surface area (Å²) in [5.74, 6) is -0.185. The summed E-state index contributed by atoms with van der Waals surface area (Å²) in [7, 11) is 1.49. The molecule has 3 rings (SSSR count). The Labute approximate surface area is 164 Å². The standard InChI is InChI=1S/C22H27NO5/c1-6-14-8-7-13-9-19(25)20(27-5)10-15(13)17-11-18(24)16(12-23(14)17)21(26)28-22(2,3)4/h9-12,14,25H,6-8H2,1-5H3. The molecule has 1 aromatic carbocycles. The number of rotatable bonds is 3. The number of fused-ring (bicyclic) bond motifs is 3. The van der Waals surface area contributed by atoms with E-state index >= 15 is 0 Å². The van der Waals surface area contributed by atoms with Crippen LogP contribution in [-0.2, 0) is 11.2 Å². The van der Waals surface area contributed by atoms with Gasteiger partial charge in [0.1, 0.15) is 11.2 Å². The van der Waals surface area contributed by atoms with Crippen molar-refractivity contribution >= 4 is 5.97 Å². The van der Waals surface area contributed by atoms with Gasteiger partial charge in [-0.25, -0.2) is 4.79 Å². The van der Waals surface area contributed by atoms with Gasteiger partial charge >= 0.3 is 5.97 Å². The molecule has 1 N–H and O–H groups in total. The Morgan fingerprint density at radius 2 is 2.00 bits per heavy atom. The fourth-order valence-corrected chi connectivity index (χ4v) is 3.64. The molecule has 150 valence electrons. The van der Waals surface area contributed by atoms with Gasteiger partial charge in [-0.05, 0) is 57.7 Å². The number of aromatic hydroxyl groups is 1. The zero-order valence-corrected chi connectivity index (χ0v) is 17.0. The normalized spacial score (nSPS) is 16.0. The first kappa shape index (κ1) is 20.0. The summed E-state index contributed by atoms with van der Waals surface area (Å²) in [6.07, 6.45) is 4.05. The van der Waals surface area contributed by atoms with Crippen molar-refractivity contribution in [1.29, 1.82) is 0 Å². The number of carbonyl (C=O) groups is 1. The van der Waals surface area contributed by atoms with Crippen LogP contribution >= 0.6 is 0 Å². The molecular weight excluding hydrogens is 358 g/mol. The van der Waals surface area contributed by atoms with E-state index in [1.807, 2.05) is 4.57 Å². The van der Waals surface area contributed by atoms with Crippen molar-refractivity contribution in [1.82, 2.24) is 4.57 Å². The molecule has 1 unspecified atom stereocenters. The molecule has 0 saturated carbocycles. The molecular formula is C22H27NO5. The first-order valence-electron chi connectivity index (χ1n) is 9.54. The molecule has 0 saturated heterocycles. The van der Waals surface area contributed by atoms with Gasteiger partial charge in [0.25, 0.3) is 0 Å². The van der Waals surface area contributed by atoms with E-state index in [0.29, 0.717) is 5.75 Å². The van der Waals surface area contributed by atoms with Gasteiger partial charge in [-0.3, -0.25) is 4.79 Å². The SMILES string of the molecule is CCC1CCc2cc(O)c(OC)cc2-c2cc(=O)c(C(=O)OC(C)(C)C)cn21. The van der Waals surface area contributed by atoms with E-state index < -0.39 is 11.6 Å². The lowest BCUT2D eigenvalue weighted by Gasteiger charge is -2.23. The van der Waals surface area contributed by atoms with E-state index in [2.05, 4.69) is 6.92 Å². The maximum atomic E-state index is 12.8. The molecule has 6 nitrogen and oxygen atoms in total. The van der Waals surface area contributed by atoms with E-state index in [9.17, 15) is 14.7 Å². The third-order valence-electron chi connectivity index (χ3n) is 4.99. The number of aryl methyl sites for hydroxylation is 1. The Bertz CT molecular complexity index is 968. The number of esters is 1. The summed E-state index contributed by atoms with van der Waals surface area (Å²) in [4.78, 5) is 25.3. The zero-order valence-electron chi connectivity index (χ0n) is 17.0.